The van der Waals surface area contributed by atoms with Crippen LogP contribution >= 0.6 is 11.8 Å². The molecule has 0 radical (unpaired) electrons. The van der Waals surface area contributed by atoms with Gasteiger partial charge in [-0.3, -0.25) is 4.79 Å². The number of piperidine rings is 1. The fourth-order valence-corrected chi connectivity index (χ4v) is 3.52. The van der Waals surface area contributed by atoms with E-state index in [4.69, 9.17) is 0 Å². The van der Waals surface area contributed by atoms with Gasteiger partial charge in [-0.15, -0.1) is 0 Å². The van der Waals surface area contributed by atoms with Crippen molar-refractivity contribution >= 4 is 29.2 Å². The quantitative estimate of drug-likeness (QED) is 0.631. The van der Waals surface area contributed by atoms with Crippen molar-refractivity contribution in [3.8, 4) is 0 Å². The molecule has 1 aliphatic heterocycles. The molecule has 0 spiro atoms. The molecule has 0 atom stereocenters. The Morgan fingerprint density at radius 2 is 2.08 bits per heavy atom. The van der Waals surface area contributed by atoms with Gasteiger partial charge in [-0.05, 0) is 49.4 Å². The summed E-state index contributed by atoms with van der Waals surface area (Å²) < 4.78 is 0. The lowest BCUT2D eigenvalue weighted by atomic mass is 10.1. The molecular weight excluding hydrogens is 332 g/mol. The number of anilines is 2. The number of hydrogen-bond acceptors (Lipinski definition) is 5. The smallest absolute Gasteiger partial charge is 0.234 e. The Kier molecular flexibility index (Phi) is 6.28. The minimum atomic E-state index is -0.0368. The summed E-state index contributed by atoms with van der Waals surface area (Å²) in [6, 6.07) is 9.90. The van der Waals surface area contributed by atoms with E-state index in [1.165, 1.54) is 36.6 Å². The number of hydrogen-bond donors (Lipinski definition) is 1. The van der Waals surface area contributed by atoms with E-state index in [0.717, 1.165) is 31.0 Å². The average molecular weight is 356 g/mol. The summed E-state index contributed by atoms with van der Waals surface area (Å²) in [5, 5.41) is 3.59. The van der Waals surface area contributed by atoms with Crippen LogP contribution in [0.25, 0.3) is 0 Å². The molecule has 132 valence electrons. The van der Waals surface area contributed by atoms with Crippen LogP contribution in [0.2, 0.25) is 0 Å². The second kappa shape index (κ2) is 8.85. The fraction of sp³-hybridized carbons (Fsp3) is 0.421. The number of amides is 1. The minimum absolute atomic E-state index is 0.0368. The third-order valence-corrected chi connectivity index (χ3v) is 5.11. The van der Waals surface area contributed by atoms with Gasteiger partial charge in [0.25, 0.3) is 0 Å². The van der Waals surface area contributed by atoms with Crippen LogP contribution in [0, 0.1) is 0 Å². The maximum atomic E-state index is 12.2. The van der Waals surface area contributed by atoms with Crippen molar-refractivity contribution in [1.82, 2.24) is 9.97 Å². The van der Waals surface area contributed by atoms with Gasteiger partial charge in [0, 0.05) is 25.0 Å². The third-order valence-electron chi connectivity index (χ3n) is 4.25. The van der Waals surface area contributed by atoms with E-state index in [2.05, 4.69) is 33.2 Å². The Morgan fingerprint density at radius 3 is 2.88 bits per heavy atom. The lowest BCUT2D eigenvalue weighted by Crippen LogP contribution is -2.30. The molecule has 6 heteroatoms. The van der Waals surface area contributed by atoms with Gasteiger partial charge in [-0.1, -0.05) is 30.8 Å². The van der Waals surface area contributed by atoms with Crippen molar-refractivity contribution in [2.45, 2.75) is 37.8 Å². The first-order valence-corrected chi connectivity index (χ1v) is 9.83. The number of carbonyl (C=O) groups excluding carboxylic acids is 1. The number of thioether (sulfide) groups is 1. The van der Waals surface area contributed by atoms with Gasteiger partial charge in [0.2, 0.25) is 5.91 Å². The normalized spacial score (nSPS) is 14.4. The van der Waals surface area contributed by atoms with E-state index >= 15 is 0 Å². The van der Waals surface area contributed by atoms with Gasteiger partial charge in [-0.2, -0.15) is 0 Å². The monoisotopic (exact) mass is 356 g/mol. The summed E-state index contributed by atoms with van der Waals surface area (Å²) >= 11 is 1.37. The standard InChI is InChI=1S/C19H24N4OS/c1-2-15-7-6-8-16(13-15)21-18(24)14-25-19-20-10-9-17(22-19)23-11-4-3-5-12-23/h6-10,13H,2-5,11-12,14H2,1H3,(H,21,24). The summed E-state index contributed by atoms with van der Waals surface area (Å²) in [6.45, 7) is 4.20. The van der Waals surface area contributed by atoms with Crippen LogP contribution in [0.1, 0.15) is 31.7 Å². The zero-order valence-corrected chi connectivity index (χ0v) is 15.4. The number of nitrogens with one attached hydrogen (secondary N) is 1. The van der Waals surface area contributed by atoms with Gasteiger partial charge in [-0.25, -0.2) is 9.97 Å². The summed E-state index contributed by atoms with van der Waals surface area (Å²) in [6.07, 6.45) is 6.46. The molecule has 25 heavy (non-hydrogen) atoms. The van der Waals surface area contributed by atoms with Crippen LogP contribution in [0.5, 0.6) is 0 Å². The largest absolute Gasteiger partial charge is 0.356 e. The van der Waals surface area contributed by atoms with E-state index in [9.17, 15) is 4.79 Å². The van der Waals surface area contributed by atoms with Gasteiger partial charge in [0.05, 0.1) is 5.75 Å². The van der Waals surface area contributed by atoms with Crippen LogP contribution in [-0.2, 0) is 11.2 Å². The van der Waals surface area contributed by atoms with Crippen LogP contribution in [-0.4, -0.2) is 34.7 Å². The van der Waals surface area contributed by atoms with Crippen LogP contribution in [0.3, 0.4) is 0 Å². The molecule has 0 aliphatic carbocycles. The number of rotatable bonds is 6. The molecule has 0 bridgehead atoms. The lowest BCUT2D eigenvalue weighted by Gasteiger charge is -2.27. The highest BCUT2D eigenvalue weighted by atomic mass is 32.2. The van der Waals surface area contributed by atoms with E-state index < -0.39 is 0 Å². The van der Waals surface area contributed by atoms with Crippen molar-refractivity contribution in [2.75, 3.05) is 29.1 Å². The van der Waals surface area contributed by atoms with Gasteiger partial charge < -0.3 is 10.2 Å². The van der Waals surface area contributed by atoms with Gasteiger partial charge >= 0.3 is 0 Å². The fourth-order valence-electron chi connectivity index (χ4n) is 2.90. The van der Waals surface area contributed by atoms with Crippen molar-refractivity contribution in [3.05, 3.63) is 42.1 Å². The predicted octanol–water partition coefficient (Wildman–Crippen LogP) is 3.76. The highest BCUT2D eigenvalue weighted by molar-refractivity contribution is 7.99. The number of carbonyl (C=O) groups is 1. The minimum Gasteiger partial charge on any atom is -0.356 e. The van der Waals surface area contributed by atoms with Crippen LogP contribution < -0.4 is 10.2 Å². The molecule has 1 aliphatic rings. The van der Waals surface area contributed by atoms with Gasteiger partial charge in [0.15, 0.2) is 5.16 Å². The molecule has 0 unspecified atom stereocenters. The van der Waals surface area contributed by atoms with E-state index in [0.29, 0.717) is 10.9 Å². The van der Waals surface area contributed by atoms with E-state index in [-0.39, 0.29) is 5.91 Å². The first-order chi connectivity index (χ1) is 12.2. The zero-order chi connectivity index (χ0) is 17.5. The van der Waals surface area contributed by atoms with Crippen LogP contribution in [0.4, 0.5) is 11.5 Å². The molecule has 0 saturated carbocycles. The van der Waals surface area contributed by atoms with Crippen molar-refractivity contribution in [3.63, 3.8) is 0 Å². The second-order valence-corrected chi connectivity index (χ2v) is 7.08. The molecule has 3 rings (SSSR count). The number of aromatic nitrogens is 2. The van der Waals surface area contributed by atoms with Crippen molar-refractivity contribution in [2.24, 2.45) is 0 Å². The SMILES string of the molecule is CCc1cccc(NC(=O)CSc2nccc(N3CCCCC3)n2)c1. The van der Waals surface area contributed by atoms with Crippen molar-refractivity contribution < 1.29 is 4.79 Å². The third kappa shape index (κ3) is 5.19. The molecule has 1 amide bonds. The summed E-state index contributed by atoms with van der Waals surface area (Å²) in [5.74, 6) is 1.23. The Labute approximate surface area is 153 Å². The topological polar surface area (TPSA) is 58.1 Å². The highest BCUT2D eigenvalue weighted by Crippen LogP contribution is 2.21. The summed E-state index contributed by atoms with van der Waals surface area (Å²) in [7, 11) is 0. The Hall–Kier alpha value is -2.08. The van der Waals surface area contributed by atoms with E-state index in [1.54, 1.807) is 6.20 Å². The molecular formula is C19H24N4OS. The number of nitrogens with zero attached hydrogens (tertiary/aromatic N) is 3. The number of aryl methyl sites for hydroxylation is 1. The maximum absolute atomic E-state index is 12.2. The molecule has 2 heterocycles. The summed E-state index contributed by atoms with van der Waals surface area (Å²) in [5.41, 5.74) is 2.05. The second-order valence-electron chi connectivity index (χ2n) is 6.14. The Bertz CT molecular complexity index is 716. The van der Waals surface area contributed by atoms with Crippen LogP contribution in [0.15, 0.2) is 41.7 Å². The number of benzene rings is 1. The summed E-state index contributed by atoms with van der Waals surface area (Å²) in [4.78, 5) is 23.4. The predicted molar refractivity (Wildman–Crippen MR) is 103 cm³/mol. The molecule has 1 saturated heterocycles. The average Bonchev–Trinajstić information content (AvgIpc) is 2.67. The zero-order valence-electron chi connectivity index (χ0n) is 14.6. The van der Waals surface area contributed by atoms with Crippen molar-refractivity contribution in [1.29, 1.82) is 0 Å². The Morgan fingerprint density at radius 1 is 1.24 bits per heavy atom. The molecule has 5 nitrogen and oxygen atoms in total. The molecule has 1 N–H and O–H groups in total. The highest BCUT2D eigenvalue weighted by Gasteiger charge is 2.13. The molecule has 1 aromatic heterocycles. The molecule has 1 fully saturated rings. The maximum Gasteiger partial charge on any atom is 0.234 e. The Balaban J connectivity index is 1.54. The lowest BCUT2D eigenvalue weighted by molar-refractivity contribution is -0.113. The molecule has 1 aromatic carbocycles. The first kappa shape index (κ1) is 17.7. The van der Waals surface area contributed by atoms with E-state index in [1.807, 2.05) is 24.3 Å². The first-order valence-electron chi connectivity index (χ1n) is 8.84. The molecule has 2 aromatic rings. The van der Waals surface area contributed by atoms with Gasteiger partial charge in [0.1, 0.15) is 5.82 Å².